The summed E-state index contributed by atoms with van der Waals surface area (Å²) in [6.07, 6.45) is 6.16. The molecule has 0 aliphatic heterocycles. The van der Waals surface area contributed by atoms with E-state index in [1.54, 1.807) is 23.0 Å². The van der Waals surface area contributed by atoms with Gasteiger partial charge in [0, 0.05) is 17.3 Å². The molecule has 1 aromatic heterocycles. The lowest BCUT2D eigenvalue weighted by atomic mass is 10.2. The van der Waals surface area contributed by atoms with Crippen LogP contribution in [0.3, 0.4) is 0 Å². The topological polar surface area (TPSA) is 55.1 Å². The SMILES string of the molecule is Cc1cnn(-c2ccc(/C=C/C(=O)O)c(Cl)c2)c1. The van der Waals surface area contributed by atoms with Crippen molar-refractivity contribution in [1.82, 2.24) is 9.78 Å². The lowest BCUT2D eigenvalue weighted by Gasteiger charge is -2.04. The van der Waals surface area contributed by atoms with E-state index in [9.17, 15) is 4.79 Å². The van der Waals surface area contributed by atoms with E-state index in [1.165, 1.54) is 6.08 Å². The highest BCUT2D eigenvalue weighted by molar-refractivity contribution is 6.32. The zero-order valence-corrected chi connectivity index (χ0v) is 10.4. The van der Waals surface area contributed by atoms with Crippen LogP contribution in [-0.4, -0.2) is 20.9 Å². The number of halogens is 1. The van der Waals surface area contributed by atoms with Gasteiger partial charge in [-0.1, -0.05) is 17.7 Å². The van der Waals surface area contributed by atoms with Crippen LogP contribution >= 0.6 is 11.6 Å². The average molecular weight is 263 g/mol. The third kappa shape index (κ3) is 2.78. The molecule has 0 atom stereocenters. The molecule has 0 bridgehead atoms. The molecule has 2 rings (SSSR count). The second kappa shape index (κ2) is 5.06. The number of hydrogen-bond acceptors (Lipinski definition) is 2. The van der Waals surface area contributed by atoms with Gasteiger partial charge in [-0.2, -0.15) is 5.10 Å². The maximum atomic E-state index is 10.4. The first kappa shape index (κ1) is 12.4. The first-order chi connectivity index (χ1) is 8.56. The van der Waals surface area contributed by atoms with E-state index in [0.717, 1.165) is 17.3 Å². The molecule has 0 fully saturated rings. The van der Waals surface area contributed by atoms with Crippen molar-refractivity contribution in [3.05, 3.63) is 52.8 Å². The number of carbonyl (C=O) groups is 1. The number of aliphatic carboxylic acids is 1. The van der Waals surface area contributed by atoms with Crippen molar-refractivity contribution in [1.29, 1.82) is 0 Å². The van der Waals surface area contributed by atoms with Crippen LogP contribution in [0.5, 0.6) is 0 Å². The molecule has 0 amide bonds. The van der Waals surface area contributed by atoms with Gasteiger partial charge in [-0.3, -0.25) is 0 Å². The summed E-state index contributed by atoms with van der Waals surface area (Å²) < 4.78 is 1.71. The molecule has 0 radical (unpaired) electrons. The number of aryl methyl sites for hydroxylation is 1. The monoisotopic (exact) mass is 262 g/mol. The Hall–Kier alpha value is -2.07. The summed E-state index contributed by atoms with van der Waals surface area (Å²) in [5.74, 6) is -1.00. The normalized spacial score (nSPS) is 11.0. The van der Waals surface area contributed by atoms with E-state index >= 15 is 0 Å². The van der Waals surface area contributed by atoms with Gasteiger partial charge in [-0.15, -0.1) is 0 Å². The zero-order valence-electron chi connectivity index (χ0n) is 9.67. The van der Waals surface area contributed by atoms with Crippen LogP contribution in [0.15, 0.2) is 36.7 Å². The molecule has 5 heteroatoms. The van der Waals surface area contributed by atoms with Gasteiger partial charge in [0.25, 0.3) is 0 Å². The first-order valence-electron chi connectivity index (χ1n) is 5.28. The van der Waals surface area contributed by atoms with Crippen molar-refractivity contribution in [3.63, 3.8) is 0 Å². The lowest BCUT2D eigenvalue weighted by molar-refractivity contribution is -0.131. The number of carboxylic acid groups (broad SMARTS) is 1. The minimum absolute atomic E-state index is 0.484. The molecule has 92 valence electrons. The van der Waals surface area contributed by atoms with Gasteiger partial charge in [0.15, 0.2) is 0 Å². The van der Waals surface area contributed by atoms with Crippen molar-refractivity contribution in [2.75, 3.05) is 0 Å². The fourth-order valence-electron chi connectivity index (χ4n) is 1.51. The van der Waals surface area contributed by atoms with Gasteiger partial charge < -0.3 is 5.11 Å². The average Bonchev–Trinajstić information content (AvgIpc) is 2.74. The molecular weight excluding hydrogens is 252 g/mol. The van der Waals surface area contributed by atoms with Crippen LogP contribution < -0.4 is 0 Å². The molecule has 0 aliphatic rings. The van der Waals surface area contributed by atoms with E-state index in [-0.39, 0.29) is 0 Å². The highest BCUT2D eigenvalue weighted by Gasteiger charge is 2.02. The summed E-state index contributed by atoms with van der Waals surface area (Å²) in [6, 6.07) is 5.34. The molecule has 0 aliphatic carbocycles. The minimum Gasteiger partial charge on any atom is -0.478 e. The van der Waals surface area contributed by atoms with Crippen LogP contribution in [-0.2, 0) is 4.79 Å². The quantitative estimate of drug-likeness (QED) is 0.866. The zero-order chi connectivity index (χ0) is 13.1. The van der Waals surface area contributed by atoms with E-state index in [4.69, 9.17) is 16.7 Å². The Kier molecular flexibility index (Phi) is 3.48. The number of benzene rings is 1. The number of aromatic nitrogens is 2. The van der Waals surface area contributed by atoms with E-state index in [0.29, 0.717) is 10.6 Å². The molecule has 18 heavy (non-hydrogen) atoms. The number of carboxylic acids is 1. The standard InChI is InChI=1S/C13H11ClN2O2/c1-9-7-15-16(8-9)11-4-2-10(12(14)6-11)3-5-13(17)18/h2-8H,1H3,(H,17,18)/b5-3+. The third-order valence-electron chi connectivity index (χ3n) is 2.37. The molecule has 4 nitrogen and oxygen atoms in total. The van der Waals surface area contributed by atoms with Gasteiger partial charge in [0.05, 0.1) is 11.9 Å². The Labute approximate surface area is 109 Å². The van der Waals surface area contributed by atoms with Crippen molar-refractivity contribution >= 4 is 23.6 Å². The van der Waals surface area contributed by atoms with Crippen LogP contribution in [0.25, 0.3) is 11.8 Å². The molecule has 1 aromatic carbocycles. The second-order valence-electron chi connectivity index (χ2n) is 3.84. The molecule has 1 heterocycles. The predicted octanol–water partition coefficient (Wildman–Crippen LogP) is 2.93. The van der Waals surface area contributed by atoms with Gasteiger partial charge in [0.1, 0.15) is 0 Å². The number of rotatable bonds is 3. The Balaban J connectivity index is 2.33. The molecule has 1 N–H and O–H groups in total. The first-order valence-corrected chi connectivity index (χ1v) is 5.66. The largest absolute Gasteiger partial charge is 0.478 e. The smallest absolute Gasteiger partial charge is 0.328 e. The molecule has 0 unspecified atom stereocenters. The van der Waals surface area contributed by atoms with Crippen LogP contribution in [0.2, 0.25) is 5.02 Å². The Morgan fingerprint density at radius 2 is 2.28 bits per heavy atom. The van der Waals surface area contributed by atoms with Gasteiger partial charge in [-0.05, 0) is 36.3 Å². The highest BCUT2D eigenvalue weighted by atomic mass is 35.5. The van der Waals surface area contributed by atoms with Crippen molar-refractivity contribution in [2.24, 2.45) is 0 Å². The third-order valence-corrected chi connectivity index (χ3v) is 2.69. The van der Waals surface area contributed by atoms with Crippen molar-refractivity contribution < 1.29 is 9.90 Å². The van der Waals surface area contributed by atoms with Crippen LogP contribution in [0, 0.1) is 6.92 Å². The van der Waals surface area contributed by atoms with Crippen molar-refractivity contribution in [2.45, 2.75) is 6.92 Å². The Bertz CT molecular complexity index is 617. The van der Waals surface area contributed by atoms with Gasteiger partial charge >= 0.3 is 5.97 Å². The van der Waals surface area contributed by atoms with Gasteiger partial charge in [-0.25, -0.2) is 9.48 Å². The number of hydrogen-bond donors (Lipinski definition) is 1. The summed E-state index contributed by atoms with van der Waals surface area (Å²) in [7, 11) is 0. The predicted molar refractivity (Wildman–Crippen MR) is 70.0 cm³/mol. The summed E-state index contributed by atoms with van der Waals surface area (Å²) in [5, 5.41) is 13.2. The highest BCUT2D eigenvalue weighted by Crippen LogP contribution is 2.21. The second-order valence-corrected chi connectivity index (χ2v) is 4.25. The molecule has 0 spiro atoms. The van der Waals surface area contributed by atoms with E-state index in [2.05, 4.69) is 5.10 Å². The molecular formula is C13H11ClN2O2. The van der Waals surface area contributed by atoms with Gasteiger partial charge in [0.2, 0.25) is 0 Å². The fraction of sp³-hybridized carbons (Fsp3) is 0.0769. The Morgan fingerprint density at radius 3 is 2.83 bits per heavy atom. The number of nitrogens with zero attached hydrogens (tertiary/aromatic N) is 2. The minimum atomic E-state index is -1.00. The summed E-state index contributed by atoms with van der Waals surface area (Å²) in [5.41, 5.74) is 2.55. The summed E-state index contributed by atoms with van der Waals surface area (Å²) in [4.78, 5) is 10.4. The van der Waals surface area contributed by atoms with Crippen LogP contribution in [0.1, 0.15) is 11.1 Å². The lowest BCUT2D eigenvalue weighted by Crippen LogP contribution is -1.94. The fourth-order valence-corrected chi connectivity index (χ4v) is 1.75. The molecule has 2 aromatic rings. The Morgan fingerprint density at radius 1 is 1.50 bits per heavy atom. The molecule has 0 saturated heterocycles. The molecule has 0 saturated carbocycles. The summed E-state index contributed by atoms with van der Waals surface area (Å²) >= 11 is 6.08. The summed E-state index contributed by atoms with van der Waals surface area (Å²) in [6.45, 7) is 1.95. The van der Waals surface area contributed by atoms with E-state index < -0.39 is 5.97 Å². The van der Waals surface area contributed by atoms with Crippen molar-refractivity contribution in [3.8, 4) is 5.69 Å². The maximum Gasteiger partial charge on any atom is 0.328 e. The maximum absolute atomic E-state index is 10.4. The van der Waals surface area contributed by atoms with E-state index in [1.807, 2.05) is 19.2 Å². The van der Waals surface area contributed by atoms with Crippen LogP contribution in [0.4, 0.5) is 0 Å².